The molecule has 0 saturated heterocycles. The van der Waals surface area contributed by atoms with E-state index in [1.54, 1.807) is 0 Å². The standard InChI is InChI=1S/C33H41ClN2O2/c1-23(2)28-13-10-14-29(24(3)4)32(28)35-33(37)36(21-22-38-31-16-9-8-15-30(31)34)27-19-17-26(18-20-27)25-11-6-5-7-12-25/h5-16,23-24,26-27H,17-22H2,1-4H3,(H,35,37). The van der Waals surface area contributed by atoms with E-state index >= 15 is 0 Å². The second kappa shape index (κ2) is 13.2. The SMILES string of the molecule is CC(C)c1cccc(C(C)C)c1NC(=O)N(CCOc1ccccc1Cl)C1CCC(c2ccccc2)CC1. The van der Waals surface area contributed by atoms with Gasteiger partial charge in [0.1, 0.15) is 12.4 Å². The zero-order chi connectivity index (χ0) is 27.1. The van der Waals surface area contributed by atoms with Crippen LogP contribution in [0.3, 0.4) is 0 Å². The van der Waals surface area contributed by atoms with Crippen molar-refractivity contribution in [3.63, 3.8) is 0 Å². The van der Waals surface area contributed by atoms with Gasteiger partial charge in [0.25, 0.3) is 0 Å². The summed E-state index contributed by atoms with van der Waals surface area (Å²) < 4.78 is 6.02. The molecule has 1 saturated carbocycles. The van der Waals surface area contributed by atoms with Gasteiger partial charge in [-0.05, 0) is 72.3 Å². The van der Waals surface area contributed by atoms with E-state index in [9.17, 15) is 4.79 Å². The van der Waals surface area contributed by atoms with Gasteiger partial charge in [-0.25, -0.2) is 4.79 Å². The lowest BCUT2D eigenvalue weighted by Gasteiger charge is -2.37. The van der Waals surface area contributed by atoms with Crippen LogP contribution < -0.4 is 10.1 Å². The van der Waals surface area contributed by atoms with Crippen LogP contribution in [0.15, 0.2) is 72.8 Å². The molecule has 0 aliphatic heterocycles. The second-order valence-corrected chi connectivity index (χ2v) is 11.3. The highest BCUT2D eigenvalue weighted by Crippen LogP contribution is 2.36. The largest absolute Gasteiger partial charge is 0.490 e. The fourth-order valence-corrected chi connectivity index (χ4v) is 5.78. The molecule has 4 rings (SSSR count). The molecule has 0 atom stereocenters. The molecule has 4 nitrogen and oxygen atoms in total. The predicted octanol–water partition coefficient (Wildman–Crippen LogP) is 9.23. The number of urea groups is 1. The monoisotopic (exact) mass is 532 g/mol. The van der Waals surface area contributed by atoms with Gasteiger partial charge in [0.15, 0.2) is 0 Å². The Morgan fingerprint density at radius 3 is 2.08 bits per heavy atom. The minimum absolute atomic E-state index is 0.0501. The topological polar surface area (TPSA) is 41.6 Å². The van der Waals surface area contributed by atoms with E-state index in [-0.39, 0.29) is 12.1 Å². The molecule has 0 bridgehead atoms. The van der Waals surface area contributed by atoms with Crippen LogP contribution in [0, 0.1) is 0 Å². The molecule has 0 radical (unpaired) electrons. The number of carbonyl (C=O) groups is 1. The summed E-state index contributed by atoms with van der Waals surface area (Å²) >= 11 is 6.31. The third-order valence-electron chi connectivity index (χ3n) is 7.70. The molecular formula is C33H41ClN2O2. The number of nitrogens with one attached hydrogen (secondary N) is 1. The number of carbonyl (C=O) groups excluding carboxylic acids is 1. The molecule has 3 aromatic carbocycles. The van der Waals surface area contributed by atoms with E-state index in [2.05, 4.69) is 81.5 Å². The predicted molar refractivity (Wildman–Crippen MR) is 159 cm³/mol. The average Bonchev–Trinajstić information content (AvgIpc) is 2.92. The van der Waals surface area contributed by atoms with E-state index in [0.717, 1.165) is 31.4 Å². The number of benzene rings is 3. The number of hydrogen-bond acceptors (Lipinski definition) is 2. The molecule has 202 valence electrons. The van der Waals surface area contributed by atoms with Gasteiger partial charge in [-0.3, -0.25) is 0 Å². The molecule has 38 heavy (non-hydrogen) atoms. The minimum atomic E-state index is -0.0501. The zero-order valence-corrected chi connectivity index (χ0v) is 23.9. The molecule has 3 aromatic rings. The maximum atomic E-state index is 14.0. The summed E-state index contributed by atoms with van der Waals surface area (Å²) in [5.74, 6) is 1.81. The Balaban J connectivity index is 1.53. The number of para-hydroxylation sites is 2. The molecule has 0 aromatic heterocycles. The molecule has 2 amide bonds. The van der Waals surface area contributed by atoms with Crippen LogP contribution in [-0.4, -0.2) is 30.1 Å². The van der Waals surface area contributed by atoms with Crippen molar-refractivity contribution in [2.45, 2.75) is 77.2 Å². The van der Waals surface area contributed by atoms with Crippen LogP contribution in [0.5, 0.6) is 5.75 Å². The van der Waals surface area contributed by atoms with Gasteiger partial charge in [0.2, 0.25) is 0 Å². The number of anilines is 1. The minimum Gasteiger partial charge on any atom is -0.490 e. The Hall–Kier alpha value is -2.98. The maximum Gasteiger partial charge on any atom is 0.322 e. The van der Waals surface area contributed by atoms with Gasteiger partial charge in [0.05, 0.1) is 11.6 Å². The molecule has 1 aliphatic carbocycles. The van der Waals surface area contributed by atoms with Crippen molar-refractivity contribution in [1.82, 2.24) is 4.90 Å². The van der Waals surface area contributed by atoms with E-state index in [0.29, 0.717) is 41.7 Å². The first-order chi connectivity index (χ1) is 18.3. The van der Waals surface area contributed by atoms with Gasteiger partial charge in [-0.15, -0.1) is 0 Å². The lowest BCUT2D eigenvalue weighted by Crippen LogP contribution is -2.46. The van der Waals surface area contributed by atoms with Crippen molar-refractivity contribution in [3.8, 4) is 5.75 Å². The van der Waals surface area contributed by atoms with Crippen LogP contribution in [0.2, 0.25) is 5.02 Å². The summed E-state index contributed by atoms with van der Waals surface area (Å²) in [6.45, 7) is 9.59. The molecule has 1 fully saturated rings. The van der Waals surface area contributed by atoms with Crippen LogP contribution >= 0.6 is 11.6 Å². The number of halogens is 1. The van der Waals surface area contributed by atoms with Gasteiger partial charge in [0, 0.05) is 11.7 Å². The number of hydrogen-bond donors (Lipinski definition) is 1. The maximum absolute atomic E-state index is 14.0. The highest BCUT2D eigenvalue weighted by molar-refractivity contribution is 6.32. The van der Waals surface area contributed by atoms with Crippen LogP contribution in [0.1, 0.15) is 87.8 Å². The van der Waals surface area contributed by atoms with Crippen molar-refractivity contribution in [2.24, 2.45) is 0 Å². The van der Waals surface area contributed by atoms with Crippen molar-refractivity contribution in [2.75, 3.05) is 18.5 Å². The van der Waals surface area contributed by atoms with Crippen molar-refractivity contribution < 1.29 is 9.53 Å². The zero-order valence-electron chi connectivity index (χ0n) is 23.1. The lowest BCUT2D eigenvalue weighted by molar-refractivity contribution is 0.145. The molecule has 1 aliphatic rings. The Bertz CT molecular complexity index is 1160. The summed E-state index contributed by atoms with van der Waals surface area (Å²) in [5, 5.41) is 3.93. The summed E-state index contributed by atoms with van der Waals surface area (Å²) in [5.41, 5.74) is 4.70. The summed E-state index contributed by atoms with van der Waals surface area (Å²) in [6.07, 6.45) is 4.09. The normalized spacial score (nSPS) is 17.4. The van der Waals surface area contributed by atoms with E-state index in [1.165, 1.54) is 16.7 Å². The Labute approximate surface area is 233 Å². The fourth-order valence-electron chi connectivity index (χ4n) is 5.59. The highest BCUT2D eigenvalue weighted by atomic mass is 35.5. The Kier molecular flexibility index (Phi) is 9.74. The first kappa shape index (κ1) is 28.0. The Morgan fingerprint density at radius 1 is 0.868 bits per heavy atom. The van der Waals surface area contributed by atoms with Crippen molar-refractivity contribution >= 4 is 23.3 Å². The van der Waals surface area contributed by atoms with Gasteiger partial charge in [-0.2, -0.15) is 0 Å². The first-order valence-electron chi connectivity index (χ1n) is 14.0. The number of amides is 2. The van der Waals surface area contributed by atoms with Crippen LogP contribution in [-0.2, 0) is 0 Å². The lowest BCUT2D eigenvalue weighted by atomic mass is 9.81. The van der Waals surface area contributed by atoms with Crippen molar-refractivity contribution in [3.05, 3.63) is 94.5 Å². The van der Waals surface area contributed by atoms with Crippen LogP contribution in [0.25, 0.3) is 0 Å². The third kappa shape index (κ3) is 6.91. The summed E-state index contributed by atoms with van der Waals surface area (Å²) in [4.78, 5) is 16.0. The van der Waals surface area contributed by atoms with Gasteiger partial charge >= 0.3 is 6.03 Å². The second-order valence-electron chi connectivity index (χ2n) is 10.9. The van der Waals surface area contributed by atoms with Gasteiger partial charge < -0.3 is 15.0 Å². The van der Waals surface area contributed by atoms with E-state index in [4.69, 9.17) is 16.3 Å². The fraction of sp³-hybridized carbons (Fsp3) is 0.424. The van der Waals surface area contributed by atoms with Gasteiger partial charge in [-0.1, -0.05) is 100.0 Å². The molecule has 0 heterocycles. The smallest absolute Gasteiger partial charge is 0.322 e. The molecule has 0 unspecified atom stereocenters. The number of rotatable bonds is 9. The van der Waals surface area contributed by atoms with E-state index < -0.39 is 0 Å². The molecular weight excluding hydrogens is 492 g/mol. The summed E-state index contributed by atoms with van der Waals surface area (Å²) in [7, 11) is 0. The van der Waals surface area contributed by atoms with E-state index in [1.807, 2.05) is 29.2 Å². The molecule has 1 N–H and O–H groups in total. The third-order valence-corrected chi connectivity index (χ3v) is 8.01. The number of ether oxygens (including phenoxy) is 1. The van der Waals surface area contributed by atoms with Crippen molar-refractivity contribution in [1.29, 1.82) is 0 Å². The average molecular weight is 533 g/mol. The van der Waals surface area contributed by atoms with Crippen LogP contribution in [0.4, 0.5) is 10.5 Å². The highest BCUT2D eigenvalue weighted by Gasteiger charge is 2.30. The first-order valence-corrected chi connectivity index (χ1v) is 14.4. The summed E-state index contributed by atoms with van der Waals surface area (Å²) in [6, 6.07) is 24.7. The molecule has 0 spiro atoms. The molecule has 5 heteroatoms. The quantitative estimate of drug-likeness (QED) is 0.298. The Morgan fingerprint density at radius 2 is 1.47 bits per heavy atom. The number of nitrogens with zero attached hydrogens (tertiary/aromatic N) is 1.